The zero-order valence-corrected chi connectivity index (χ0v) is 7.85. The van der Waals surface area contributed by atoms with Crippen LogP contribution in [0.25, 0.3) is 0 Å². The first-order chi connectivity index (χ1) is 7.15. The van der Waals surface area contributed by atoms with Crippen LogP contribution in [0.4, 0.5) is 0 Å². The Morgan fingerprint density at radius 3 is 3.07 bits per heavy atom. The summed E-state index contributed by atoms with van der Waals surface area (Å²) in [6.07, 6.45) is 3.01. The summed E-state index contributed by atoms with van der Waals surface area (Å²) >= 11 is 0. The average molecular weight is 205 g/mol. The highest BCUT2D eigenvalue weighted by molar-refractivity contribution is 6.26. The lowest BCUT2D eigenvalue weighted by Crippen LogP contribution is -2.51. The molecule has 1 saturated heterocycles. The highest BCUT2D eigenvalue weighted by atomic mass is 16.6. The van der Waals surface area contributed by atoms with E-state index in [2.05, 4.69) is 4.99 Å². The van der Waals surface area contributed by atoms with Gasteiger partial charge in [-0.25, -0.2) is 0 Å². The van der Waals surface area contributed by atoms with Gasteiger partial charge in [-0.1, -0.05) is 0 Å². The van der Waals surface area contributed by atoms with Crippen molar-refractivity contribution < 1.29 is 14.1 Å². The van der Waals surface area contributed by atoms with Gasteiger partial charge < -0.3 is 9.31 Å². The fourth-order valence-electron chi connectivity index (χ4n) is 1.02. The molecule has 1 rings (SSSR count). The van der Waals surface area contributed by atoms with Gasteiger partial charge >= 0.3 is 7.69 Å². The van der Waals surface area contributed by atoms with E-state index < -0.39 is 11.3 Å². The second-order valence-corrected chi connectivity index (χ2v) is 2.94. The van der Waals surface area contributed by atoms with Crippen LogP contribution in [0.3, 0.4) is 0 Å². The van der Waals surface area contributed by atoms with Crippen molar-refractivity contribution in [3.63, 3.8) is 0 Å². The van der Waals surface area contributed by atoms with Crippen molar-refractivity contribution in [1.82, 2.24) is 5.32 Å². The maximum atomic E-state index is 11.5. The van der Waals surface area contributed by atoms with Gasteiger partial charge in [0.05, 0.1) is 6.61 Å². The SMILES string of the molecule is CC1(C(=O)NC#N)CO[B]OC1=NC#N. The molecule has 1 aliphatic heterocycles. The predicted molar refractivity (Wildman–Crippen MR) is 47.7 cm³/mol. The molecular weight excluding hydrogens is 199 g/mol. The fraction of sp³-hybridized carbons (Fsp3) is 0.429. The van der Waals surface area contributed by atoms with Crippen LogP contribution in [-0.4, -0.2) is 26.1 Å². The average Bonchev–Trinajstić information content (AvgIpc) is 2.22. The Morgan fingerprint density at radius 2 is 2.47 bits per heavy atom. The number of carbonyl (C=O) groups is 1. The van der Waals surface area contributed by atoms with Crippen molar-refractivity contribution in [2.45, 2.75) is 6.92 Å². The Hall–Kier alpha value is -2.06. The number of hydrogen-bond donors (Lipinski definition) is 1. The van der Waals surface area contributed by atoms with Crippen molar-refractivity contribution in [3.05, 3.63) is 0 Å². The topological polar surface area (TPSA) is 108 Å². The molecule has 1 fully saturated rings. The van der Waals surface area contributed by atoms with Gasteiger partial charge in [0.15, 0.2) is 6.19 Å². The Kier molecular flexibility index (Phi) is 3.27. The van der Waals surface area contributed by atoms with Gasteiger partial charge in [-0.05, 0) is 6.92 Å². The van der Waals surface area contributed by atoms with E-state index >= 15 is 0 Å². The lowest BCUT2D eigenvalue weighted by Gasteiger charge is -2.30. The third kappa shape index (κ3) is 2.06. The Bertz CT molecular complexity index is 383. The standard InChI is InChI=1S/C7H6BN4O3/c1-7(5(13)11-3-9)2-14-8-15-6(7)12-4-10/h2H2,1H3,(H,11,13). The van der Waals surface area contributed by atoms with Crippen LogP contribution in [-0.2, 0) is 14.1 Å². The Labute approximate surface area is 86.6 Å². The lowest BCUT2D eigenvalue weighted by atomic mass is 9.88. The highest BCUT2D eigenvalue weighted by Crippen LogP contribution is 2.23. The third-order valence-electron chi connectivity index (χ3n) is 1.89. The molecule has 1 aliphatic rings. The normalized spacial score (nSPS) is 26.7. The number of nitrogens with one attached hydrogen (secondary N) is 1. The molecule has 7 nitrogen and oxygen atoms in total. The first kappa shape index (κ1) is 11.0. The number of rotatable bonds is 1. The first-order valence-corrected chi connectivity index (χ1v) is 3.92. The van der Waals surface area contributed by atoms with E-state index in [1.54, 1.807) is 0 Å². The van der Waals surface area contributed by atoms with E-state index in [1.165, 1.54) is 19.3 Å². The molecule has 1 atom stereocenters. The minimum atomic E-state index is -1.26. The van der Waals surface area contributed by atoms with Crippen molar-refractivity contribution in [3.8, 4) is 12.4 Å². The number of hydrogen-bond acceptors (Lipinski definition) is 6. The van der Waals surface area contributed by atoms with Crippen LogP contribution in [0.15, 0.2) is 4.99 Å². The maximum absolute atomic E-state index is 11.5. The summed E-state index contributed by atoms with van der Waals surface area (Å²) in [6.45, 7) is 1.42. The Morgan fingerprint density at radius 1 is 1.73 bits per heavy atom. The fourth-order valence-corrected chi connectivity index (χ4v) is 1.02. The number of nitriles is 2. The summed E-state index contributed by atoms with van der Waals surface area (Å²) in [7, 11) is 0.984. The minimum Gasteiger partial charge on any atom is -0.525 e. The van der Waals surface area contributed by atoms with E-state index in [0.717, 1.165) is 7.69 Å². The molecule has 1 amide bonds. The second kappa shape index (κ2) is 4.44. The quantitative estimate of drug-likeness (QED) is 0.337. The smallest absolute Gasteiger partial charge is 0.525 e. The summed E-state index contributed by atoms with van der Waals surface area (Å²) in [5.41, 5.74) is -1.26. The molecule has 8 heteroatoms. The number of carbonyl (C=O) groups excluding carboxylic acids is 1. The summed E-state index contributed by atoms with van der Waals surface area (Å²) < 4.78 is 9.63. The van der Waals surface area contributed by atoms with Crippen LogP contribution in [0, 0.1) is 28.3 Å². The van der Waals surface area contributed by atoms with Gasteiger partial charge in [-0.3, -0.25) is 10.1 Å². The van der Waals surface area contributed by atoms with E-state index in [1.807, 2.05) is 5.32 Å². The summed E-state index contributed by atoms with van der Waals surface area (Å²) in [5.74, 6) is -0.726. The molecule has 0 spiro atoms. The Balaban J connectivity index is 2.97. The van der Waals surface area contributed by atoms with Gasteiger partial charge in [0.1, 0.15) is 5.41 Å². The second-order valence-electron chi connectivity index (χ2n) is 2.94. The van der Waals surface area contributed by atoms with Crippen molar-refractivity contribution in [2.24, 2.45) is 10.4 Å². The monoisotopic (exact) mass is 205 g/mol. The van der Waals surface area contributed by atoms with Gasteiger partial charge in [0, 0.05) is 0 Å². The lowest BCUT2D eigenvalue weighted by molar-refractivity contribution is -0.128. The molecular formula is C7H6BN4O3. The molecule has 0 aromatic rings. The molecule has 15 heavy (non-hydrogen) atoms. The zero-order chi connectivity index (χ0) is 11.3. The molecule has 0 saturated carbocycles. The van der Waals surface area contributed by atoms with Crippen molar-refractivity contribution >= 4 is 19.5 Å². The summed E-state index contributed by atoms with van der Waals surface area (Å²) in [5, 5.41) is 18.7. The van der Waals surface area contributed by atoms with Gasteiger partial charge in [0.25, 0.3) is 5.91 Å². The molecule has 1 N–H and O–H groups in total. The largest absolute Gasteiger partial charge is 0.573 e. The number of nitrogens with zero attached hydrogens (tertiary/aromatic N) is 3. The summed E-state index contributed by atoms with van der Waals surface area (Å²) in [4.78, 5) is 14.9. The predicted octanol–water partition coefficient (Wildman–Crippen LogP) is -0.949. The van der Waals surface area contributed by atoms with Crippen molar-refractivity contribution in [1.29, 1.82) is 10.5 Å². The van der Waals surface area contributed by atoms with Crippen LogP contribution in [0.5, 0.6) is 0 Å². The van der Waals surface area contributed by atoms with E-state index in [9.17, 15) is 4.79 Å². The van der Waals surface area contributed by atoms with E-state index in [4.69, 9.17) is 19.8 Å². The molecule has 1 heterocycles. The van der Waals surface area contributed by atoms with Crippen LogP contribution >= 0.6 is 0 Å². The molecule has 0 aliphatic carbocycles. The number of aliphatic imine (C=N–C) groups is 1. The van der Waals surface area contributed by atoms with E-state index in [0.29, 0.717) is 0 Å². The van der Waals surface area contributed by atoms with Crippen LogP contribution < -0.4 is 5.32 Å². The molecule has 1 radical (unpaired) electrons. The molecule has 1 unspecified atom stereocenters. The van der Waals surface area contributed by atoms with E-state index in [-0.39, 0.29) is 12.5 Å². The number of amides is 1. The zero-order valence-electron chi connectivity index (χ0n) is 7.85. The van der Waals surface area contributed by atoms with Crippen molar-refractivity contribution in [2.75, 3.05) is 6.61 Å². The highest BCUT2D eigenvalue weighted by Gasteiger charge is 2.44. The minimum absolute atomic E-state index is 0.0406. The molecule has 0 aromatic heterocycles. The molecule has 0 bridgehead atoms. The van der Waals surface area contributed by atoms with Gasteiger partial charge in [-0.15, -0.1) is 4.99 Å². The summed E-state index contributed by atoms with van der Waals surface area (Å²) in [6, 6.07) is 0. The van der Waals surface area contributed by atoms with Gasteiger partial charge in [-0.2, -0.15) is 10.5 Å². The van der Waals surface area contributed by atoms with Crippen LogP contribution in [0.1, 0.15) is 6.92 Å². The third-order valence-corrected chi connectivity index (χ3v) is 1.89. The molecule has 0 aromatic carbocycles. The maximum Gasteiger partial charge on any atom is 0.573 e. The first-order valence-electron chi connectivity index (χ1n) is 3.92. The molecule has 75 valence electrons. The van der Waals surface area contributed by atoms with Gasteiger partial charge in [0.2, 0.25) is 12.1 Å². The van der Waals surface area contributed by atoms with Crippen LogP contribution in [0.2, 0.25) is 0 Å².